The molecule has 2 aliphatic rings. The Labute approximate surface area is 271 Å². The predicted octanol–water partition coefficient (Wildman–Crippen LogP) is 1.33. The highest BCUT2D eigenvalue weighted by Crippen LogP contribution is 2.36. The summed E-state index contributed by atoms with van der Waals surface area (Å²) in [6.45, 7) is 4.08. The number of nitrogens with two attached hydrogens (primary N) is 1. The average Bonchev–Trinajstić information content (AvgIpc) is 3.61. The molecule has 5 atom stereocenters. The van der Waals surface area contributed by atoms with Gasteiger partial charge in [-0.1, -0.05) is 50.2 Å². The first-order chi connectivity index (χ1) is 21.7. The Hall–Kier alpha value is -3.43. The van der Waals surface area contributed by atoms with E-state index in [1.165, 1.54) is 27.4 Å². The molecule has 0 bridgehead atoms. The van der Waals surface area contributed by atoms with Crippen molar-refractivity contribution in [2.75, 3.05) is 52.7 Å². The molecule has 0 unspecified atom stereocenters. The summed E-state index contributed by atoms with van der Waals surface area (Å²) in [4.78, 5) is 27.4. The second kappa shape index (κ2) is 15.0. The number of nitrogen functional groups attached to an aromatic ring is 1. The third-order valence-corrected chi connectivity index (χ3v) is 10.4. The van der Waals surface area contributed by atoms with Gasteiger partial charge in [0.1, 0.15) is 6.09 Å². The monoisotopic (exact) mass is 660 g/mol. The summed E-state index contributed by atoms with van der Waals surface area (Å²) in [6.07, 6.45) is -2.37. The van der Waals surface area contributed by atoms with Crippen LogP contribution in [0.4, 0.5) is 15.3 Å². The van der Waals surface area contributed by atoms with Crippen molar-refractivity contribution in [3.8, 4) is 0 Å². The van der Waals surface area contributed by atoms with Gasteiger partial charge in [0.05, 0.1) is 36.3 Å². The van der Waals surface area contributed by atoms with E-state index in [1.54, 1.807) is 20.2 Å². The van der Waals surface area contributed by atoms with Gasteiger partial charge in [0, 0.05) is 45.3 Å². The van der Waals surface area contributed by atoms with Crippen LogP contribution in [-0.4, -0.2) is 111 Å². The second-order valence-electron chi connectivity index (χ2n) is 13.0. The number of hydrogen-bond donors (Lipinski definition) is 3. The molecule has 2 heterocycles. The number of nitrogens with zero attached hydrogens (tertiary/aromatic N) is 3. The molecule has 2 aromatic rings. The van der Waals surface area contributed by atoms with E-state index in [1.807, 2.05) is 44.2 Å². The zero-order chi connectivity index (χ0) is 33.6. The fourth-order valence-electron chi connectivity index (χ4n) is 6.15. The van der Waals surface area contributed by atoms with Gasteiger partial charge in [0.15, 0.2) is 6.29 Å². The molecule has 0 aromatic heterocycles. The lowest BCUT2D eigenvalue weighted by molar-refractivity contribution is -0.273. The number of fused-ring (bicyclic) bond motifs is 1. The lowest BCUT2D eigenvalue weighted by Gasteiger charge is -2.43. The SMILES string of the molecule is CN(C)C(=O)NCCC(C)(C)CN(C[C@@H](O)[C@H](Cc1ccccc1)N(C(=O)[O-])[C@H]1CO[C@H]2OCC[C@H]21)S(=O)(=O)c1cccc(N)c1. The third kappa shape index (κ3) is 8.68. The number of nitrogens with one attached hydrogen (secondary N) is 1. The van der Waals surface area contributed by atoms with Crippen molar-refractivity contribution >= 4 is 27.8 Å². The Kier molecular flexibility index (Phi) is 11.5. The molecule has 2 aliphatic heterocycles. The molecule has 0 spiro atoms. The molecule has 2 fully saturated rings. The first-order valence-corrected chi connectivity index (χ1v) is 16.9. The molecule has 0 aliphatic carbocycles. The molecule has 13 nitrogen and oxygen atoms in total. The van der Waals surface area contributed by atoms with Gasteiger partial charge in [-0.2, -0.15) is 4.31 Å². The number of carbonyl (C=O) groups excluding carboxylic acids is 2. The van der Waals surface area contributed by atoms with Crippen molar-refractivity contribution in [1.29, 1.82) is 0 Å². The van der Waals surface area contributed by atoms with E-state index in [2.05, 4.69) is 5.32 Å². The number of ether oxygens (including phenoxy) is 2. The number of hydrogen-bond acceptors (Lipinski definition) is 9. The topological polar surface area (TPSA) is 178 Å². The first-order valence-electron chi connectivity index (χ1n) is 15.4. The van der Waals surface area contributed by atoms with Crippen molar-refractivity contribution in [2.45, 2.75) is 62.5 Å². The maximum Gasteiger partial charge on any atom is 0.316 e. The molecular weight excluding hydrogens is 614 g/mol. The van der Waals surface area contributed by atoms with Gasteiger partial charge < -0.3 is 45.3 Å². The highest BCUT2D eigenvalue weighted by atomic mass is 32.2. The Bertz CT molecular complexity index is 1440. The minimum absolute atomic E-state index is 0.0342. The van der Waals surface area contributed by atoms with Gasteiger partial charge in [-0.3, -0.25) is 0 Å². The Morgan fingerprint density at radius 3 is 2.50 bits per heavy atom. The van der Waals surface area contributed by atoms with Crippen molar-refractivity contribution < 1.29 is 37.7 Å². The van der Waals surface area contributed by atoms with Crippen LogP contribution < -0.4 is 16.2 Å². The number of carbonyl (C=O) groups is 2. The molecule has 0 radical (unpaired) electrons. The summed E-state index contributed by atoms with van der Waals surface area (Å²) in [5.41, 5.74) is 6.30. The maximum absolute atomic E-state index is 14.2. The molecular formula is C32H46N5O8S-. The van der Waals surface area contributed by atoms with E-state index >= 15 is 0 Å². The molecule has 2 aromatic carbocycles. The lowest BCUT2D eigenvalue weighted by atomic mass is 9.89. The summed E-state index contributed by atoms with van der Waals surface area (Å²) < 4.78 is 40.9. The number of aliphatic hydroxyl groups excluding tert-OH is 1. The molecule has 4 N–H and O–H groups in total. The lowest BCUT2D eigenvalue weighted by Crippen LogP contribution is -2.61. The summed E-state index contributed by atoms with van der Waals surface area (Å²) in [5, 5.41) is 27.6. The third-order valence-electron chi connectivity index (χ3n) is 8.64. The standard InChI is InChI=1S/C32H47N5O8S/c1-32(2,14-15-34-30(39)35(3)4)21-36(46(42,43)24-12-8-11-23(33)18-24)19-28(38)26(17-22-9-6-5-7-10-22)37(31(40)41)27-20-45-29-25(27)13-16-44-29/h5-12,18,25-29,38H,13-17,19-21,33H2,1-4H3,(H,34,39)(H,40,41)/p-1/t25-,26-,27-,28+,29+/m0/s1. The summed E-state index contributed by atoms with van der Waals surface area (Å²) in [7, 11) is -0.968. The second-order valence-corrected chi connectivity index (χ2v) is 14.9. The number of sulfonamides is 1. The molecule has 14 heteroatoms. The zero-order valence-electron chi connectivity index (χ0n) is 26.9. The van der Waals surface area contributed by atoms with Crippen molar-refractivity contribution in [1.82, 2.24) is 19.4 Å². The number of aliphatic hydroxyl groups is 1. The zero-order valence-corrected chi connectivity index (χ0v) is 27.7. The highest BCUT2D eigenvalue weighted by molar-refractivity contribution is 7.89. The molecule has 3 amide bonds. The molecule has 0 saturated carbocycles. The van der Waals surface area contributed by atoms with E-state index in [4.69, 9.17) is 15.2 Å². The van der Waals surface area contributed by atoms with Gasteiger partial charge in [-0.25, -0.2) is 13.2 Å². The number of carboxylic acid groups (broad SMARTS) is 1. The Balaban J connectivity index is 1.67. The van der Waals surface area contributed by atoms with E-state index in [0.29, 0.717) is 26.0 Å². The van der Waals surface area contributed by atoms with Gasteiger partial charge in [-0.15, -0.1) is 0 Å². The number of benzene rings is 2. The Morgan fingerprint density at radius 1 is 1.13 bits per heavy atom. The maximum atomic E-state index is 14.2. The molecule has 46 heavy (non-hydrogen) atoms. The molecule has 254 valence electrons. The summed E-state index contributed by atoms with van der Waals surface area (Å²) in [5.74, 6) is -0.244. The first kappa shape index (κ1) is 35.4. The van der Waals surface area contributed by atoms with Crippen LogP contribution in [0.3, 0.4) is 0 Å². The normalized spacial score (nSPS) is 21.0. The highest BCUT2D eigenvalue weighted by Gasteiger charge is 2.47. The van der Waals surface area contributed by atoms with Crippen molar-refractivity contribution in [2.24, 2.45) is 11.3 Å². The van der Waals surface area contributed by atoms with Crippen LogP contribution in [0.15, 0.2) is 59.5 Å². The quantitative estimate of drug-likeness (QED) is 0.252. The van der Waals surface area contributed by atoms with Gasteiger partial charge in [-0.05, 0) is 48.4 Å². The predicted molar refractivity (Wildman–Crippen MR) is 170 cm³/mol. The van der Waals surface area contributed by atoms with E-state index in [0.717, 1.165) is 10.5 Å². The van der Waals surface area contributed by atoms with E-state index in [-0.39, 0.29) is 42.1 Å². The summed E-state index contributed by atoms with van der Waals surface area (Å²) >= 11 is 0. The number of anilines is 1. The van der Waals surface area contributed by atoms with Gasteiger partial charge in [0.2, 0.25) is 10.0 Å². The van der Waals surface area contributed by atoms with Crippen molar-refractivity contribution in [3.05, 3.63) is 60.2 Å². The van der Waals surface area contributed by atoms with E-state index < -0.39 is 52.6 Å². The smallest absolute Gasteiger partial charge is 0.316 e. The molecule has 4 rings (SSSR count). The van der Waals surface area contributed by atoms with Gasteiger partial charge in [0.25, 0.3) is 0 Å². The average molecular weight is 661 g/mol. The van der Waals surface area contributed by atoms with Crippen LogP contribution >= 0.6 is 0 Å². The number of amides is 3. The summed E-state index contributed by atoms with van der Waals surface area (Å²) in [6, 6.07) is 13.0. The van der Waals surface area contributed by atoms with Crippen LogP contribution in [0.25, 0.3) is 0 Å². The van der Waals surface area contributed by atoms with E-state index in [9.17, 15) is 28.2 Å². The minimum atomic E-state index is -4.22. The Morgan fingerprint density at radius 2 is 1.85 bits per heavy atom. The van der Waals surface area contributed by atoms with Crippen LogP contribution in [0, 0.1) is 11.3 Å². The van der Waals surface area contributed by atoms with Crippen molar-refractivity contribution in [3.63, 3.8) is 0 Å². The fraction of sp³-hybridized carbons (Fsp3) is 0.562. The molecule has 2 saturated heterocycles. The van der Waals surface area contributed by atoms with Gasteiger partial charge >= 0.3 is 6.03 Å². The fourth-order valence-corrected chi connectivity index (χ4v) is 7.85. The van der Waals surface area contributed by atoms with Crippen LogP contribution in [0.5, 0.6) is 0 Å². The van der Waals surface area contributed by atoms with Crippen LogP contribution in [0.1, 0.15) is 32.3 Å². The number of urea groups is 1. The minimum Gasteiger partial charge on any atom is -0.530 e. The van der Waals surface area contributed by atoms with Crippen LogP contribution in [-0.2, 0) is 25.9 Å². The largest absolute Gasteiger partial charge is 0.530 e. The van der Waals surface area contributed by atoms with Crippen LogP contribution in [0.2, 0.25) is 0 Å². The number of rotatable bonds is 14.